The molecule has 1 unspecified atom stereocenters. The van der Waals surface area contributed by atoms with Crippen LogP contribution in [0.1, 0.15) is 57.6 Å². The largest absolute Gasteiger partial charge is 0.444 e. The van der Waals surface area contributed by atoms with Gasteiger partial charge < -0.3 is 14.8 Å². The highest BCUT2D eigenvalue weighted by molar-refractivity contribution is 5.90. The van der Waals surface area contributed by atoms with Gasteiger partial charge in [0.1, 0.15) is 17.1 Å². The van der Waals surface area contributed by atoms with Gasteiger partial charge >= 0.3 is 12.1 Å². The standard InChI is InChI=1S/C29H32N2O5/c1-28(2,3)36-27(34)31-18-24(20-7-9-23(10-8-20)35-26(33)29(4)12-13-29)25(32)16-19-5-6-22-17-30-14-11-21(22)15-19/h5-11,14-15,17,24H,12-13,16,18H2,1-4H3,(H,31,34). The zero-order valence-corrected chi connectivity index (χ0v) is 21.2. The Hall–Kier alpha value is -3.74. The number of ketones is 1. The van der Waals surface area contributed by atoms with Gasteiger partial charge in [0.05, 0.1) is 11.3 Å². The molecule has 0 radical (unpaired) electrons. The zero-order chi connectivity index (χ0) is 25.9. The van der Waals surface area contributed by atoms with Crippen LogP contribution < -0.4 is 10.1 Å². The summed E-state index contributed by atoms with van der Waals surface area (Å²) in [4.78, 5) is 42.1. The predicted molar refractivity (Wildman–Crippen MR) is 137 cm³/mol. The maximum Gasteiger partial charge on any atom is 0.407 e. The average Bonchev–Trinajstić information content (AvgIpc) is 3.57. The fraction of sp³-hybridized carbons (Fsp3) is 0.379. The van der Waals surface area contributed by atoms with Crippen LogP contribution in [-0.2, 0) is 20.7 Å². The molecule has 0 bridgehead atoms. The molecule has 7 heteroatoms. The van der Waals surface area contributed by atoms with E-state index in [0.717, 1.165) is 34.7 Å². The third kappa shape index (κ3) is 6.47. The smallest absolute Gasteiger partial charge is 0.407 e. The predicted octanol–water partition coefficient (Wildman–Crippen LogP) is 5.36. The highest BCUT2D eigenvalue weighted by Crippen LogP contribution is 2.46. The van der Waals surface area contributed by atoms with Gasteiger partial charge in [0.2, 0.25) is 0 Å². The average molecular weight is 489 g/mol. The summed E-state index contributed by atoms with van der Waals surface area (Å²) in [5, 5.41) is 4.74. The second-order valence-electron chi connectivity index (χ2n) is 10.7. The maximum atomic E-state index is 13.5. The number of rotatable bonds is 8. The van der Waals surface area contributed by atoms with Crippen molar-refractivity contribution in [3.63, 3.8) is 0 Å². The van der Waals surface area contributed by atoms with Crippen molar-refractivity contribution in [3.8, 4) is 5.75 Å². The molecule has 7 nitrogen and oxygen atoms in total. The summed E-state index contributed by atoms with van der Waals surface area (Å²) in [6.45, 7) is 7.33. The molecule has 0 saturated heterocycles. The Balaban J connectivity index is 1.51. The molecule has 1 aliphatic rings. The molecule has 2 aromatic carbocycles. The van der Waals surface area contributed by atoms with Crippen LogP contribution >= 0.6 is 0 Å². The first kappa shape index (κ1) is 25.4. The molecule has 0 spiro atoms. The molecule has 1 amide bonds. The number of amides is 1. The second-order valence-corrected chi connectivity index (χ2v) is 10.7. The molecule has 1 fully saturated rings. The van der Waals surface area contributed by atoms with Crippen LogP contribution in [0.25, 0.3) is 10.8 Å². The minimum absolute atomic E-state index is 0.0466. The Bertz CT molecular complexity index is 1270. The number of nitrogens with zero attached hydrogens (tertiary/aromatic N) is 1. The van der Waals surface area contributed by atoms with Gasteiger partial charge in [-0.3, -0.25) is 14.6 Å². The summed E-state index contributed by atoms with van der Waals surface area (Å²) < 4.78 is 10.9. The van der Waals surface area contributed by atoms with E-state index < -0.39 is 17.6 Å². The number of hydrogen-bond donors (Lipinski definition) is 1. The van der Waals surface area contributed by atoms with E-state index in [1.807, 2.05) is 31.2 Å². The van der Waals surface area contributed by atoms with Crippen molar-refractivity contribution >= 4 is 28.6 Å². The summed E-state index contributed by atoms with van der Waals surface area (Å²) >= 11 is 0. The Labute approximate surface area is 211 Å². The number of pyridine rings is 1. The maximum absolute atomic E-state index is 13.5. The number of ether oxygens (including phenoxy) is 2. The van der Waals surface area contributed by atoms with E-state index in [1.165, 1.54) is 0 Å². The molecule has 188 valence electrons. The van der Waals surface area contributed by atoms with E-state index in [4.69, 9.17) is 9.47 Å². The van der Waals surface area contributed by atoms with E-state index in [9.17, 15) is 14.4 Å². The van der Waals surface area contributed by atoms with Crippen LogP contribution in [0.15, 0.2) is 60.9 Å². The topological polar surface area (TPSA) is 94.6 Å². The van der Waals surface area contributed by atoms with Gasteiger partial charge in [-0.15, -0.1) is 0 Å². The van der Waals surface area contributed by atoms with E-state index in [2.05, 4.69) is 10.3 Å². The molecule has 0 aliphatic heterocycles. The van der Waals surface area contributed by atoms with E-state index in [-0.39, 0.29) is 30.1 Å². The van der Waals surface area contributed by atoms with Gasteiger partial charge in [0.15, 0.2) is 0 Å². The number of nitrogens with one attached hydrogen (secondary N) is 1. The highest BCUT2D eigenvalue weighted by atomic mass is 16.6. The fourth-order valence-corrected chi connectivity index (χ4v) is 3.87. The van der Waals surface area contributed by atoms with Gasteiger partial charge in [-0.25, -0.2) is 4.79 Å². The molecule has 1 atom stereocenters. The van der Waals surface area contributed by atoms with Crippen molar-refractivity contribution in [2.75, 3.05) is 6.54 Å². The Morgan fingerprint density at radius 2 is 1.75 bits per heavy atom. The summed E-state index contributed by atoms with van der Waals surface area (Å²) in [6, 6.07) is 14.7. The summed E-state index contributed by atoms with van der Waals surface area (Å²) in [7, 11) is 0. The lowest BCUT2D eigenvalue weighted by Gasteiger charge is -2.22. The summed E-state index contributed by atoms with van der Waals surface area (Å²) in [5.74, 6) is -0.446. The van der Waals surface area contributed by atoms with Gasteiger partial charge in [-0.05, 0) is 75.2 Å². The van der Waals surface area contributed by atoms with Crippen LogP contribution in [0, 0.1) is 5.41 Å². The van der Waals surface area contributed by atoms with Crippen LogP contribution in [0.4, 0.5) is 4.79 Å². The van der Waals surface area contributed by atoms with Gasteiger partial charge in [0, 0.05) is 30.7 Å². The monoisotopic (exact) mass is 488 g/mol. The van der Waals surface area contributed by atoms with Gasteiger partial charge in [-0.1, -0.05) is 30.3 Å². The summed E-state index contributed by atoms with van der Waals surface area (Å²) in [6.07, 6.45) is 4.80. The molecular formula is C29H32N2O5. The number of carbonyl (C=O) groups excluding carboxylic acids is 3. The van der Waals surface area contributed by atoms with Crippen molar-refractivity contribution in [1.29, 1.82) is 0 Å². The van der Waals surface area contributed by atoms with Crippen LogP contribution in [-0.4, -0.2) is 35.0 Å². The number of alkyl carbamates (subject to hydrolysis) is 1. The van der Waals surface area contributed by atoms with Crippen molar-refractivity contribution in [2.45, 2.75) is 58.5 Å². The Morgan fingerprint density at radius 3 is 2.42 bits per heavy atom. The fourth-order valence-electron chi connectivity index (χ4n) is 3.87. The van der Waals surface area contributed by atoms with Crippen molar-refractivity contribution in [3.05, 3.63) is 72.1 Å². The number of Topliss-reactive ketones (excluding diaryl/α,β-unsaturated/α-hetero) is 1. The Kier molecular flexibility index (Phi) is 7.11. The van der Waals surface area contributed by atoms with Crippen LogP contribution in [0.5, 0.6) is 5.75 Å². The number of benzene rings is 2. The lowest BCUT2D eigenvalue weighted by molar-refractivity contribution is -0.139. The van der Waals surface area contributed by atoms with Gasteiger partial charge in [-0.2, -0.15) is 0 Å². The molecule has 36 heavy (non-hydrogen) atoms. The summed E-state index contributed by atoms with van der Waals surface area (Å²) in [5.41, 5.74) is 0.570. The second kappa shape index (κ2) is 10.1. The number of aromatic nitrogens is 1. The van der Waals surface area contributed by atoms with Crippen molar-refractivity contribution in [2.24, 2.45) is 5.41 Å². The first-order chi connectivity index (χ1) is 17.0. The van der Waals surface area contributed by atoms with Gasteiger partial charge in [0.25, 0.3) is 0 Å². The van der Waals surface area contributed by atoms with E-state index >= 15 is 0 Å². The van der Waals surface area contributed by atoms with Crippen molar-refractivity contribution < 1.29 is 23.9 Å². The SMILES string of the molecule is CC(C)(C)OC(=O)NCC(C(=O)Cc1ccc2cnccc2c1)c1ccc(OC(=O)C2(C)CC2)cc1. The third-order valence-electron chi connectivity index (χ3n) is 6.31. The number of carbonyl (C=O) groups is 3. The number of esters is 1. The lowest BCUT2D eigenvalue weighted by Crippen LogP contribution is -2.36. The van der Waals surface area contributed by atoms with Crippen LogP contribution in [0.2, 0.25) is 0 Å². The molecule has 1 saturated carbocycles. The quantitative estimate of drug-likeness (QED) is 0.339. The zero-order valence-electron chi connectivity index (χ0n) is 21.2. The molecule has 3 aromatic rings. The van der Waals surface area contributed by atoms with E-state index in [0.29, 0.717) is 5.75 Å². The number of fused-ring (bicyclic) bond motifs is 1. The first-order valence-electron chi connectivity index (χ1n) is 12.2. The minimum Gasteiger partial charge on any atom is -0.444 e. The van der Waals surface area contributed by atoms with E-state index in [1.54, 1.807) is 57.4 Å². The number of hydrogen-bond acceptors (Lipinski definition) is 6. The lowest BCUT2D eigenvalue weighted by atomic mass is 9.90. The van der Waals surface area contributed by atoms with Crippen LogP contribution in [0.3, 0.4) is 0 Å². The third-order valence-corrected chi connectivity index (χ3v) is 6.31. The molecule has 1 aliphatic carbocycles. The minimum atomic E-state index is -0.646. The molecule has 1 aromatic heterocycles. The molecular weight excluding hydrogens is 456 g/mol. The van der Waals surface area contributed by atoms with Crippen molar-refractivity contribution in [1.82, 2.24) is 10.3 Å². The molecule has 1 N–H and O–H groups in total. The first-order valence-corrected chi connectivity index (χ1v) is 12.2. The molecule has 4 rings (SSSR count). The normalized spacial score (nSPS) is 15.1. The highest BCUT2D eigenvalue weighted by Gasteiger charge is 2.46. The Morgan fingerprint density at radius 1 is 1.03 bits per heavy atom. The molecule has 1 heterocycles.